The van der Waals surface area contributed by atoms with Crippen molar-refractivity contribution in [3.05, 3.63) is 28.8 Å². The van der Waals surface area contributed by atoms with E-state index in [1.807, 2.05) is 32.9 Å². The van der Waals surface area contributed by atoms with Gasteiger partial charge in [-0.1, -0.05) is 17.7 Å². The van der Waals surface area contributed by atoms with E-state index < -0.39 is 0 Å². The maximum Gasteiger partial charge on any atom is 0.250 e. The number of carbonyl (C=O) groups is 1. The van der Waals surface area contributed by atoms with E-state index in [0.717, 1.165) is 5.56 Å². The average Bonchev–Trinajstić information content (AvgIpc) is 2.20. The molecule has 1 N–H and O–H groups in total. The fraction of sp³-hybridized carbons (Fsp3) is 0.417. The molecular weight excluding hydrogens is 226 g/mol. The molecule has 0 spiro atoms. The summed E-state index contributed by atoms with van der Waals surface area (Å²) in [5, 5.41) is 3.24. The zero-order valence-electron chi connectivity index (χ0n) is 9.71. The maximum atomic E-state index is 11.5. The van der Waals surface area contributed by atoms with Gasteiger partial charge in [0.1, 0.15) is 6.61 Å². The minimum Gasteiger partial charge on any atom is -0.369 e. The molecule has 16 heavy (non-hydrogen) atoms. The molecule has 0 saturated heterocycles. The highest BCUT2D eigenvalue weighted by atomic mass is 35.5. The molecule has 0 radical (unpaired) electrons. The van der Waals surface area contributed by atoms with Crippen molar-refractivity contribution in [3.8, 4) is 0 Å². The second-order valence-corrected chi connectivity index (χ2v) is 4.30. The van der Waals surface area contributed by atoms with Gasteiger partial charge in [-0.25, -0.2) is 0 Å². The van der Waals surface area contributed by atoms with Crippen molar-refractivity contribution in [2.45, 2.75) is 26.9 Å². The molecule has 0 aliphatic rings. The second kappa shape index (κ2) is 5.87. The van der Waals surface area contributed by atoms with Gasteiger partial charge in [-0.15, -0.1) is 0 Å². The Labute approximate surface area is 101 Å². The highest BCUT2D eigenvalue weighted by Crippen LogP contribution is 2.22. The number of ether oxygens (including phenoxy) is 1. The van der Waals surface area contributed by atoms with Crippen LogP contribution in [0.25, 0.3) is 0 Å². The lowest BCUT2D eigenvalue weighted by molar-refractivity contribution is -0.121. The Bertz CT molecular complexity index is 377. The number of hydrogen-bond acceptors (Lipinski definition) is 2. The summed E-state index contributed by atoms with van der Waals surface area (Å²) in [6.45, 7) is 5.75. The zero-order chi connectivity index (χ0) is 12.1. The lowest BCUT2D eigenvalue weighted by atomic mass is 10.2. The van der Waals surface area contributed by atoms with Crippen LogP contribution in [0.3, 0.4) is 0 Å². The van der Waals surface area contributed by atoms with Crippen LogP contribution in [0.2, 0.25) is 5.02 Å². The third kappa shape index (κ3) is 4.21. The Hall–Kier alpha value is -1.06. The summed E-state index contributed by atoms with van der Waals surface area (Å²) in [7, 11) is 0. The van der Waals surface area contributed by atoms with Crippen LogP contribution in [0.15, 0.2) is 18.2 Å². The van der Waals surface area contributed by atoms with Gasteiger partial charge in [-0.05, 0) is 38.5 Å². The van der Waals surface area contributed by atoms with E-state index in [-0.39, 0.29) is 18.6 Å². The predicted octanol–water partition coefficient (Wildman–Crippen LogP) is 3.01. The molecule has 0 unspecified atom stereocenters. The topological polar surface area (TPSA) is 38.3 Å². The van der Waals surface area contributed by atoms with Crippen molar-refractivity contribution in [1.82, 2.24) is 0 Å². The second-order valence-electron chi connectivity index (χ2n) is 3.89. The number of benzene rings is 1. The van der Waals surface area contributed by atoms with Crippen LogP contribution < -0.4 is 5.32 Å². The Kier molecular flexibility index (Phi) is 4.77. The molecule has 1 amide bonds. The van der Waals surface area contributed by atoms with Crippen molar-refractivity contribution < 1.29 is 9.53 Å². The SMILES string of the molecule is Cc1ccc(Cl)c(NC(=O)COC(C)C)c1. The van der Waals surface area contributed by atoms with E-state index in [1.54, 1.807) is 6.07 Å². The number of amides is 1. The molecule has 1 aromatic rings. The Balaban J connectivity index is 2.59. The highest BCUT2D eigenvalue weighted by Gasteiger charge is 2.06. The smallest absolute Gasteiger partial charge is 0.250 e. The van der Waals surface area contributed by atoms with Crippen molar-refractivity contribution in [1.29, 1.82) is 0 Å². The van der Waals surface area contributed by atoms with Crippen LogP contribution in [0.5, 0.6) is 0 Å². The first kappa shape index (κ1) is 13.0. The first-order chi connectivity index (χ1) is 7.49. The van der Waals surface area contributed by atoms with Crippen molar-refractivity contribution in [2.24, 2.45) is 0 Å². The molecule has 0 bridgehead atoms. The van der Waals surface area contributed by atoms with Crippen molar-refractivity contribution >= 4 is 23.2 Å². The molecule has 1 rings (SSSR count). The molecule has 4 heteroatoms. The van der Waals surface area contributed by atoms with E-state index in [0.29, 0.717) is 10.7 Å². The summed E-state index contributed by atoms with van der Waals surface area (Å²) >= 11 is 5.95. The van der Waals surface area contributed by atoms with Crippen LogP contribution in [-0.2, 0) is 9.53 Å². The molecule has 0 fully saturated rings. The number of halogens is 1. The summed E-state index contributed by atoms with van der Waals surface area (Å²) in [4.78, 5) is 11.5. The van der Waals surface area contributed by atoms with E-state index in [1.165, 1.54) is 0 Å². The Morgan fingerprint density at radius 3 is 2.81 bits per heavy atom. The minimum atomic E-state index is -0.193. The number of anilines is 1. The molecule has 0 atom stereocenters. The van der Waals surface area contributed by atoms with E-state index in [9.17, 15) is 4.79 Å². The Morgan fingerprint density at radius 2 is 2.19 bits per heavy atom. The molecule has 3 nitrogen and oxygen atoms in total. The van der Waals surface area contributed by atoms with Crippen molar-refractivity contribution in [3.63, 3.8) is 0 Å². The van der Waals surface area contributed by atoms with E-state index in [4.69, 9.17) is 16.3 Å². The van der Waals surface area contributed by atoms with E-state index in [2.05, 4.69) is 5.32 Å². The summed E-state index contributed by atoms with van der Waals surface area (Å²) in [5.41, 5.74) is 1.67. The number of carbonyl (C=O) groups excluding carboxylic acids is 1. The summed E-state index contributed by atoms with van der Waals surface area (Å²) in [5.74, 6) is -0.193. The average molecular weight is 242 g/mol. The highest BCUT2D eigenvalue weighted by molar-refractivity contribution is 6.33. The quantitative estimate of drug-likeness (QED) is 0.880. The standard InChI is InChI=1S/C12H16ClNO2/c1-8(2)16-7-12(15)14-11-6-9(3)4-5-10(11)13/h4-6,8H,7H2,1-3H3,(H,14,15). The summed E-state index contributed by atoms with van der Waals surface area (Å²) in [6.07, 6.45) is 0.0405. The largest absolute Gasteiger partial charge is 0.369 e. The number of aryl methyl sites for hydroxylation is 1. The van der Waals surface area contributed by atoms with Gasteiger partial charge in [0.2, 0.25) is 5.91 Å². The van der Waals surface area contributed by atoms with Gasteiger partial charge < -0.3 is 10.1 Å². The number of rotatable bonds is 4. The summed E-state index contributed by atoms with van der Waals surface area (Å²) < 4.78 is 5.19. The molecular formula is C12H16ClNO2. The fourth-order valence-electron chi connectivity index (χ4n) is 1.16. The maximum absolute atomic E-state index is 11.5. The van der Waals surface area contributed by atoms with Gasteiger partial charge >= 0.3 is 0 Å². The lowest BCUT2D eigenvalue weighted by Gasteiger charge is -2.10. The first-order valence-electron chi connectivity index (χ1n) is 5.16. The third-order valence-corrected chi connectivity index (χ3v) is 2.27. The van der Waals surface area contributed by atoms with Gasteiger partial charge in [0.15, 0.2) is 0 Å². The van der Waals surface area contributed by atoms with Gasteiger partial charge in [-0.3, -0.25) is 4.79 Å². The van der Waals surface area contributed by atoms with Gasteiger partial charge in [0.05, 0.1) is 16.8 Å². The van der Waals surface area contributed by atoms with Crippen LogP contribution in [0.1, 0.15) is 19.4 Å². The minimum absolute atomic E-state index is 0.0405. The molecule has 0 aliphatic carbocycles. The summed E-state index contributed by atoms with van der Waals surface area (Å²) in [6, 6.07) is 5.48. The van der Waals surface area contributed by atoms with E-state index >= 15 is 0 Å². The van der Waals surface area contributed by atoms with Crippen LogP contribution in [-0.4, -0.2) is 18.6 Å². The van der Waals surface area contributed by atoms with Crippen LogP contribution >= 0.6 is 11.6 Å². The number of hydrogen-bond donors (Lipinski definition) is 1. The molecule has 0 heterocycles. The molecule has 0 saturated carbocycles. The lowest BCUT2D eigenvalue weighted by Crippen LogP contribution is -2.20. The molecule has 0 aromatic heterocycles. The first-order valence-corrected chi connectivity index (χ1v) is 5.54. The fourth-order valence-corrected chi connectivity index (χ4v) is 1.33. The normalized spacial score (nSPS) is 10.6. The molecule has 88 valence electrons. The van der Waals surface area contributed by atoms with Crippen LogP contribution in [0, 0.1) is 6.92 Å². The molecule has 1 aromatic carbocycles. The third-order valence-electron chi connectivity index (χ3n) is 1.94. The zero-order valence-corrected chi connectivity index (χ0v) is 10.5. The van der Waals surface area contributed by atoms with Gasteiger partial charge in [-0.2, -0.15) is 0 Å². The Morgan fingerprint density at radius 1 is 1.50 bits per heavy atom. The van der Waals surface area contributed by atoms with Gasteiger partial charge in [0, 0.05) is 0 Å². The number of nitrogens with one attached hydrogen (secondary N) is 1. The van der Waals surface area contributed by atoms with Crippen molar-refractivity contribution in [2.75, 3.05) is 11.9 Å². The predicted molar refractivity (Wildman–Crippen MR) is 65.9 cm³/mol. The monoisotopic (exact) mass is 241 g/mol. The molecule has 0 aliphatic heterocycles. The van der Waals surface area contributed by atoms with Gasteiger partial charge in [0.25, 0.3) is 0 Å². The van der Waals surface area contributed by atoms with Crippen LogP contribution in [0.4, 0.5) is 5.69 Å².